The van der Waals surface area contributed by atoms with Crippen LogP contribution in [0.2, 0.25) is 0 Å². The van der Waals surface area contributed by atoms with Crippen LogP contribution in [0, 0.1) is 10.1 Å². The zero-order valence-corrected chi connectivity index (χ0v) is 14.6. The van der Waals surface area contributed by atoms with E-state index in [9.17, 15) is 19.7 Å². The number of nitrogens with zero attached hydrogens (tertiary/aromatic N) is 1. The number of nitro groups is 1. The summed E-state index contributed by atoms with van der Waals surface area (Å²) in [6.45, 7) is 0. The molecule has 0 aromatic heterocycles. The monoisotopic (exact) mass is 372 g/mol. The fourth-order valence-electron chi connectivity index (χ4n) is 2.81. The van der Waals surface area contributed by atoms with Crippen LogP contribution in [0.25, 0.3) is 0 Å². The van der Waals surface area contributed by atoms with Gasteiger partial charge in [0.1, 0.15) is 0 Å². The molecule has 9 nitrogen and oxygen atoms in total. The first kappa shape index (κ1) is 18.2. The number of amides is 1. The van der Waals surface area contributed by atoms with Gasteiger partial charge in [0.2, 0.25) is 11.7 Å². The molecule has 3 rings (SSSR count). The quantitative estimate of drug-likeness (QED) is 0.470. The zero-order chi connectivity index (χ0) is 19.6. The molecule has 9 heteroatoms. The Morgan fingerprint density at radius 3 is 2.59 bits per heavy atom. The van der Waals surface area contributed by atoms with Gasteiger partial charge in [-0.2, -0.15) is 0 Å². The Morgan fingerprint density at radius 1 is 1.19 bits per heavy atom. The molecule has 140 valence electrons. The molecule has 1 heterocycles. The van der Waals surface area contributed by atoms with Crippen molar-refractivity contribution in [2.45, 2.75) is 12.8 Å². The number of carbonyl (C=O) groups is 2. The highest BCUT2D eigenvalue weighted by atomic mass is 16.6. The van der Waals surface area contributed by atoms with E-state index in [2.05, 4.69) is 10.1 Å². The van der Waals surface area contributed by atoms with E-state index >= 15 is 0 Å². The van der Waals surface area contributed by atoms with E-state index < -0.39 is 10.9 Å². The molecule has 1 aliphatic heterocycles. The van der Waals surface area contributed by atoms with E-state index in [1.165, 1.54) is 20.3 Å². The lowest BCUT2D eigenvalue weighted by Crippen LogP contribution is -2.05. The number of benzene rings is 2. The van der Waals surface area contributed by atoms with Crippen molar-refractivity contribution >= 4 is 23.3 Å². The lowest BCUT2D eigenvalue weighted by Gasteiger charge is -2.13. The molecule has 0 saturated carbocycles. The average Bonchev–Trinajstić information content (AvgIpc) is 3.02. The number of fused-ring (bicyclic) bond motifs is 1. The first-order valence-electron chi connectivity index (χ1n) is 7.94. The molecule has 0 saturated heterocycles. The number of nitro benzene ring substituents is 1. The molecule has 0 unspecified atom stereocenters. The van der Waals surface area contributed by atoms with Crippen molar-refractivity contribution < 1.29 is 28.7 Å². The van der Waals surface area contributed by atoms with Crippen LogP contribution in [-0.4, -0.2) is 31.0 Å². The fraction of sp³-hybridized carbons (Fsp3) is 0.222. The van der Waals surface area contributed by atoms with Gasteiger partial charge in [0.15, 0.2) is 11.5 Å². The van der Waals surface area contributed by atoms with Crippen molar-refractivity contribution in [2.75, 3.05) is 19.5 Å². The molecule has 0 bridgehead atoms. The Hall–Kier alpha value is -3.62. The van der Waals surface area contributed by atoms with E-state index in [-0.39, 0.29) is 41.5 Å². The normalized spacial score (nSPS) is 12.1. The van der Waals surface area contributed by atoms with Gasteiger partial charge in [-0.1, -0.05) is 6.07 Å². The highest BCUT2D eigenvalue weighted by molar-refractivity contribution is 6.01. The van der Waals surface area contributed by atoms with Crippen molar-refractivity contribution in [3.05, 3.63) is 51.6 Å². The van der Waals surface area contributed by atoms with Gasteiger partial charge in [0, 0.05) is 0 Å². The second-order valence-corrected chi connectivity index (χ2v) is 5.76. The molecule has 2 aromatic carbocycles. The summed E-state index contributed by atoms with van der Waals surface area (Å²) >= 11 is 0. The standard InChI is InChI=1S/C18H16N2O7/c1-25-15-7-10(8-17(22)26-2)3-5-13(15)27-14-6-4-12-11(9-16(21)19-12)18(14)20(23)24/h3-7H,8-9H2,1-2H3,(H,19,21). The van der Waals surface area contributed by atoms with Crippen LogP contribution in [0.15, 0.2) is 30.3 Å². The minimum absolute atomic E-state index is 0.00531. The minimum Gasteiger partial charge on any atom is -0.493 e. The van der Waals surface area contributed by atoms with E-state index in [0.717, 1.165) is 0 Å². The SMILES string of the molecule is COC(=O)Cc1ccc(Oc2ccc3c(c2[N+](=O)[O-])CC(=O)N3)c(OC)c1. The van der Waals surface area contributed by atoms with Crippen LogP contribution in [0.3, 0.4) is 0 Å². The van der Waals surface area contributed by atoms with Crippen LogP contribution in [0.4, 0.5) is 11.4 Å². The summed E-state index contributed by atoms with van der Waals surface area (Å²) in [5, 5.41) is 14.1. The zero-order valence-electron chi connectivity index (χ0n) is 14.6. The second kappa shape index (κ2) is 7.32. The van der Waals surface area contributed by atoms with Gasteiger partial charge in [-0.15, -0.1) is 0 Å². The molecule has 2 aromatic rings. The van der Waals surface area contributed by atoms with Gasteiger partial charge >= 0.3 is 11.7 Å². The third kappa shape index (κ3) is 3.66. The first-order chi connectivity index (χ1) is 12.9. The molecule has 1 N–H and O–H groups in total. The van der Waals surface area contributed by atoms with Crippen molar-refractivity contribution in [1.29, 1.82) is 0 Å². The lowest BCUT2D eigenvalue weighted by molar-refractivity contribution is -0.386. The van der Waals surface area contributed by atoms with Crippen molar-refractivity contribution in [3.63, 3.8) is 0 Å². The van der Waals surface area contributed by atoms with Gasteiger partial charge < -0.3 is 19.5 Å². The number of rotatable bonds is 6. The first-order valence-corrected chi connectivity index (χ1v) is 7.94. The highest BCUT2D eigenvalue weighted by Gasteiger charge is 2.31. The summed E-state index contributed by atoms with van der Waals surface area (Å²) in [5.41, 5.74) is 1.05. The maximum absolute atomic E-state index is 11.6. The summed E-state index contributed by atoms with van der Waals surface area (Å²) in [7, 11) is 2.72. The summed E-state index contributed by atoms with van der Waals surface area (Å²) in [4.78, 5) is 33.9. The second-order valence-electron chi connectivity index (χ2n) is 5.76. The maximum Gasteiger partial charge on any atom is 0.317 e. The van der Waals surface area contributed by atoms with Gasteiger partial charge in [-0.25, -0.2) is 0 Å². The van der Waals surface area contributed by atoms with Crippen LogP contribution in [-0.2, 0) is 27.2 Å². The van der Waals surface area contributed by atoms with Gasteiger partial charge in [-0.3, -0.25) is 19.7 Å². The molecule has 1 aliphatic rings. The molecule has 0 radical (unpaired) electrons. The van der Waals surface area contributed by atoms with Crippen LogP contribution < -0.4 is 14.8 Å². The van der Waals surface area contributed by atoms with Crippen molar-refractivity contribution in [1.82, 2.24) is 0 Å². The number of methoxy groups -OCH3 is 2. The molecule has 1 amide bonds. The van der Waals surface area contributed by atoms with Gasteiger partial charge in [0.25, 0.3) is 0 Å². The number of ether oxygens (including phenoxy) is 3. The van der Waals surface area contributed by atoms with E-state index in [1.807, 2.05) is 0 Å². The van der Waals surface area contributed by atoms with E-state index in [1.54, 1.807) is 24.3 Å². The molecule has 0 fully saturated rings. The molecular weight excluding hydrogens is 356 g/mol. The Balaban J connectivity index is 1.96. The Bertz CT molecular complexity index is 940. The van der Waals surface area contributed by atoms with Gasteiger partial charge in [0.05, 0.1) is 43.2 Å². The van der Waals surface area contributed by atoms with Crippen molar-refractivity contribution in [3.8, 4) is 17.2 Å². The topological polar surface area (TPSA) is 117 Å². The predicted octanol–water partition coefficient (Wildman–Crippen LogP) is 2.61. The van der Waals surface area contributed by atoms with Gasteiger partial charge in [-0.05, 0) is 29.8 Å². The third-order valence-corrected chi connectivity index (χ3v) is 4.06. The Labute approximate surface area is 154 Å². The highest BCUT2D eigenvalue weighted by Crippen LogP contribution is 2.42. The van der Waals surface area contributed by atoms with Crippen LogP contribution in [0.1, 0.15) is 11.1 Å². The van der Waals surface area contributed by atoms with Crippen LogP contribution in [0.5, 0.6) is 17.2 Å². The largest absolute Gasteiger partial charge is 0.493 e. The summed E-state index contributed by atoms with van der Waals surface area (Å²) < 4.78 is 15.6. The predicted molar refractivity (Wildman–Crippen MR) is 94.2 cm³/mol. The molecule has 27 heavy (non-hydrogen) atoms. The fourth-order valence-corrected chi connectivity index (χ4v) is 2.81. The summed E-state index contributed by atoms with van der Waals surface area (Å²) in [5.74, 6) is -0.173. The number of hydrogen-bond acceptors (Lipinski definition) is 7. The molecule has 0 atom stereocenters. The number of nitrogens with one attached hydrogen (secondary N) is 1. The van der Waals surface area contributed by atoms with E-state index in [4.69, 9.17) is 9.47 Å². The molecule has 0 aliphatic carbocycles. The molecular formula is C18H16N2O7. The third-order valence-electron chi connectivity index (χ3n) is 4.06. The number of carbonyl (C=O) groups excluding carboxylic acids is 2. The summed E-state index contributed by atoms with van der Waals surface area (Å²) in [6, 6.07) is 7.76. The number of anilines is 1. The van der Waals surface area contributed by atoms with Crippen LogP contribution >= 0.6 is 0 Å². The van der Waals surface area contributed by atoms with Crippen molar-refractivity contribution in [2.24, 2.45) is 0 Å². The minimum atomic E-state index is -0.577. The number of hydrogen-bond donors (Lipinski definition) is 1. The summed E-state index contributed by atoms with van der Waals surface area (Å²) in [6.07, 6.45) is -0.0298. The lowest BCUT2D eigenvalue weighted by atomic mass is 10.1. The Morgan fingerprint density at radius 2 is 1.93 bits per heavy atom. The smallest absolute Gasteiger partial charge is 0.317 e. The molecule has 0 spiro atoms. The maximum atomic E-state index is 11.6. The Kier molecular flexibility index (Phi) is 4.93. The van der Waals surface area contributed by atoms with E-state index in [0.29, 0.717) is 17.0 Å². The number of esters is 1. The average molecular weight is 372 g/mol.